The van der Waals surface area contributed by atoms with Gasteiger partial charge in [0.1, 0.15) is 11.6 Å². The molecule has 0 aliphatic carbocycles. The summed E-state index contributed by atoms with van der Waals surface area (Å²) in [7, 11) is 0. The number of nitrogens with two attached hydrogens (primary N) is 1. The van der Waals surface area contributed by atoms with Gasteiger partial charge < -0.3 is 10.4 Å². The molecule has 0 saturated heterocycles. The maximum atomic E-state index is 5.26. The first kappa shape index (κ1) is 9.80. The number of hydrogen-bond acceptors (Lipinski definition) is 4. The molecule has 17 heavy (non-hydrogen) atoms. The Morgan fingerprint density at radius 1 is 1.12 bits per heavy atom. The lowest BCUT2D eigenvalue weighted by molar-refractivity contribution is 1.22. The summed E-state index contributed by atoms with van der Waals surface area (Å²) in [4.78, 5) is 11.9. The number of pyridine rings is 1. The molecule has 3 aromatic rings. The van der Waals surface area contributed by atoms with Crippen LogP contribution in [0.3, 0.4) is 0 Å². The Balaban J connectivity index is 2.07. The van der Waals surface area contributed by atoms with Crippen LogP contribution in [0, 0.1) is 0 Å². The molecular formula is C12H11N5. The molecule has 0 saturated carbocycles. The number of imidazole rings is 1. The van der Waals surface area contributed by atoms with Crippen molar-refractivity contribution < 1.29 is 0 Å². The molecule has 5 nitrogen and oxygen atoms in total. The molecule has 0 atom stereocenters. The second-order valence-corrected chi connectivity index (χ2v) is 3.68. The standard InChI is InChI=1S/C12H11N5/c13-17-11-6-5-8(7-14-11)12-15-9-3-1-2-4-10(9)16-12/h1-7H,13H2,(H,14,17)(H,15,16). The van der Waals surface area contributed by atoms with Gasteiger partial charge in [0.25, 0.3) is 0 Å². The second kappa shape index (κ2) is 3.88. The molecule has 0 spiro atoms. The Morgan fingerprint density at radius 2 is 2.00 bits per heavy atom. The van der Waals surface area contributed by atoms with Gasteiger partial charge in [-0.25, -0.2) is 15.8 Å². The van der Waals surface area contributed by atoms with Crippen LogP contribution >= 0.6 is 0 Å². The van der Waals surface area contributed by atoms with E-state index in [0.717, 1.165) is 22.4 Å². The minimum Gasteiger partial charge on any atom is -0.338 e. The fraction of sp³-hybridized carbons (Fsp3) is 0. The predicted octanol–water partition coefficient (Wildman–Crippen LogP) is 1.91. The van der Waals surface area contributed by atoms with Crippen molar-refractivity contribution in [2.24, 2.45) is 5.84 Å². The maximum Gasteiger partial charge on any atom is 0.140 e. The van der Waals surface area contributed by atoms with E-state index in [1.165, 1.54) is 0 Å². The highest BCUT2D eigenvalue weighted by atomic mass is 15.2. The molecule has 0 fully saturated rings. The van der Waals surface area contributed by atoms with E-state index in [4.69, 9.17) is 5.84 Å². The summed E-state index contributed by atoms with van der Waals surface area (Å²) in [6.45, 7) is 0. The van der Waals surface area contributed by atoms with Crippen LogP contribution in [-0.2, 0) is 0 Å². The van der Waals surface area contributed by atoms with Gasteiger partial charge in [0.05, 0.1) is 11.0 Å². The summed E-state index contributed by atoms with van der Waals surface area (Å²) < 4.78 is 0. The zero-order valence-corrected chi connectivity index (χ0v) is 9.01. The van der Waals surface area contributed by atoms with Crippen molar-refractivity contribution in [1.82, 2.24) is 15.0 Å². The van der Waals surface area contributed by atoms with Crippen molar-refractivity contribution in [3.8, 4) is 11.4 Å². The molecule has 2 heterocycles. The molecule has 5 heteroatoms. The Labute approximate surface area is 97.7 Å². The zero-order valence-electron chi connectivity index (χ0n) is 9.01. The number of anilines is 1. The highest BCUT2D eigenvalue weighted by Crippen LogP contribution is 2.20. The van der Waals surface area contributed by atoms with Crippen molar-refractivity contribution in [3.05, 3.63) is 42.6 Å². The lowest BCUT2D eigenvalue weighted by atomic mass is 10.3. The van der Waals surface area contributed by atoms with Crippen molar-refractivity contribution >= 4 is 16.9 Å². The van der Waals surface area contributed by atoms with Gasteiger partial charge in [-0.2, -0.15) is 0 Å². The smallest absolute Gasteiger partial charge is 0.140 e. The van der Waals surface area contributed by atoms with Crippen LogP contribution in [0.1, 0.15) is 0 Å². The van der Waals surface area contributed by atoms with Crippen LogP contribution < -0.4 is 11.3 Å². The molecule has 0 radical (unpaired) electrons. The van der Waals surface area contributed by atoms with Gasteiger partial charge in [-0.3, -0.25) is 0 Å². The number of nitrogens with one attached hydrogen (secondary N) is 2. The number of nitrogen functional groups attached to an aromatic ring is 1. The molecule has 0 bridgehead atoms. The van der Waals surface area contributed by atoms with Crippen LogP contribution in [0.15, 0.2) is 42.6 Å². The number of aromatic nitrogens is 3. The Kier molecular flexibility index (Phi) is 2.23. The summed E-state index contributed by atoms with van der Waals surface area (Å²) in [5, 5.41) is 0. The number of para-hydroxylation sites is 2. The molecule has 0 aliphatic heterocycles. The Morgan fingerprint density at radius 3 is 2.71 bits per heavy atom. The van der Waals surface area contributed by atoms with Gasteiger partial charge in [-0.05, 0) is 24.3 Å². The Bertz CT molecular complexity index is 608. The van der Waals surface area contributed by atoms with Gasteiger partial charge in [-0.1, -0.05) is 12.1 Å². The summed E-state index contributed by atoms with van der Waals surface area (Å²) in [6.07, 6.45) is 1.73. The van der Waals surface area contributed by atoms with Gasteiger partial charge >= 0.3 is 0 Å². The topological polar surface area (TPSA) is 79.6 Å². The first-order valence-corrected chi connectivity index (χ1v) is 5.24. The van der Waals surface area contributed by atoms with Gasteiger partial charge in [-0.15, -0.1) is 0 Å². The summed E-state index contributed by atoms with van der Waals surface area (Å²) in [5.74, 6) is 6.70. The van der Waals surface area contributed by atoms with E-state index in [9.17, 15) is 0 Å². The molecular weight excluding hydrogens is 214 g/mol. The number of fused-ring (bicyclic) bond motifs is 1. The molecule has 84 valence electrons. The number of benzene rings is 1. The predicted molar refractivity (Wildman–Crippen MR) is 67.1 cm³/mol. The van der Waals surface area contributed by atoms with Crippen LogP contribution in [0.4, 0.5) is 5.82 Å². The highest BCUT2D eigenvalue weighted by Gasteiger charge is 2.04. The van der Waals surface area contributed by atoms with E-state index in [-0.39, 0.29) is 0 Å². The van der Waals surface area contributed by atoms with Crippen molar-refractivity contribution in [2.75, 3.05) is 5.43 Å². The highest BCUT2D eigenvalue weighted by molar-refractivity contribution is 5.79. The fourth-order valence-corrected chi connectivity index (χ4v) is 1.71. The second-order valence-electron chi connectivity index (χ2n) is 3.68. The largest absolute Gasteiger partial charge is 0.338 e. The minimum atomic E-state index is 0.630. The first-order valence-electron chi connectivity index (χ1n) is 5.24. The van der Waals surface area contributed by atoms with E-state index in [1.54, 1.807) is 6.20 Å². The van der Waals surface area contributed by atoms with Crippen LogP contribution in [-0.4, -0.2) is 15.0 Å². The molecule has 0 unspecified atom stereocenters. The summed E-state index contributed by atoms with van der Waals surface area (Å²) in [6, 6.07) is 11.6. The fourth-order valence-electron chi connectivity index (χ4n) is 1.71. The van der Waals surface area contributed by atoms with Crippen molar-refractivity contribution in [2.45, 2.75) is 0 Å². The van der Waals surface area contributed by atoms with E-state index in [1.807, 2.05) is 36.4 Å². The molecule has 3 rings (SSSR count). The number of rotatable bonds is 2. The Hall–Kier alpha value is -2.40. The van der Waals surface area contributed by atoms with Crippen LogP contribution in [0.2, 0.25) is 0 Å². The van der Waals surface area contributed by atoms with Gasteiger partial charge in [0, 0.05) is 11.8 Å². The first-order chi connectivity index (χ1) is 8.36. The quantitative estimate of drug-likeness (QED) is 0.459. The van der Waals surface area contributed by atoms with E-state index in [0.29, 0.717) is 5.82 Å². The van der Waals surface area contributed by atoms with Crippen molar-refractivity contribution in [3.63, 3.8) is 0 Å². The number of nitrogens with zero attached hydrogens (tertiary/aromatic N) is 2. The van der Waals surface area contributed by atoms with Gasteiger partial charge in [0.15, 0.2) is 0 Å². The van der Waals surface area contributed by atoms with Gasteiger partial charge in [0.2, 0.25) is 0 Å². The molecule has 2 aromatic heterocycles. The average molecular weight is 225 g/mol. The SMILES string of the molecule is NNc1ccc(-c2nc3ccccc3[nH]2)cn1. The number of hydrazine groups is 1. The number of aromatic amines is 1. The van der Waals surface area contributed by atoms with Crippen molar-refractivity contribution in [1.29, 1.82) is 0 Å². The number of H-pyrrole nitrogens is 1. The van der Waals surface area contributed by atoms with E-state index >= 15 is 0 Å². The van der Waals surface area contributed by atoms with E-state index in [2.05, 4.69) is 20.4 Å². The monoisotopic (exact) mass is 225 g/mol. The number of hydrogen-bond donors (Lipinski definition) is 3. The zero-order chi connectivity index (χ0) is 11.7. The minimum absolute atomic E-state index is 0.630. The molecule has 4 N–H and O–H groups in total. The van der Waals surface area contributed by atoms with E-state index < -0.39 is 0 Å². The summed E-state index contributed by atoms with van der Waals surface area (Å²) >= 11 is 0. The lowest BCUT2D eigenvalue weighted by Crippen LogP contribution is -2.07. The average Bonchev–Trinajstić information content (AvgIpc) is 2.82. The maximum absolute atomic E-state index is 5.26. The third-order valence-corrected chi connectivity index (χ3v) is 2.57. The van der Waals surface area contributed by atoms with Crippen LogP contribution in [0.5, 0.6) is 0 Å². The molecule has 0 amide bonds. The molecule has 0 aliphatic rings. The third kappa shape index (κ3) is 1.72. The normalized spacial score (nSPS) is 10.6. The lowest BCUT2D eigenvalue weighted by Gasteiger charge is -1.99. The van der Waals surface area contributed by atoms with Crippen LogP contribution in [0.25, 0.3) is 22.4 Å². The molecule has 1 aromatic carbocycles. The summed E-state index contributed by atoms with van der Waals surface area (Å²) in [5.41, 5.74) is 5.39. The third-order valence-electron chi connectivity index (χ3n) is 2.57.